The van der Waals surface area contributed by atoms with E-state index in [9.17, 15) is 5.26 Å². The summed E-state index contributed by atoms with van der Waals surface area (Å²) in [4.78, 5) is 2.33. The Bertz CT molecular complexity index is 491. The van der Waals surface area contributed by atoms with Crippen LogP contribution in [-0.2, 0) is 11.3 Å². The molecule has 21 heavy (non-hydrogen) atoms. The van der Waals surface area contributed by atoms with Gasteiger partial charge in [-0.25, -0.2) is 0 Å². The average Bonchev–Trinajstić information content (AvgIpc) is 3.33. The van der Waals surface area contributed by atoms with Crippen molar-refractivity contribution in [1.82, 2.24) is 5.32 Å². The van der Waals surface area contributed by atoms with Crippen LogP contribution in [0.5, 0.6) is 0 Å². The van der Waals surface area contributed by atoms with Gasteiger partial charge in [-0.1, -0.05) is 6.07 Å². The van der Waals surface area contributed by atoms with Crippen LogP contribution in [0.2, 0.25) is 0 Å². The van der Waals surface area contributed by atoms with Crippen molar-refractivity contribution in [2.75, 3.05) is 38.3 Å². The van der Waals surface area contributed by atoms with Crippen LogP contribution < -0.4 is 10.2 Å². The second-order valence-corrected chi connectivity index (χ2v) is 5.61. The van der Waals surface area contributed by atoms with Gasteiger partial charge >= 0.3 is 0 Å². The third kappa shape index (κ3) is 4.73. The maximum absolute atomic E-state index is 9.43. The standard InChI is InChI=1S/C17H25N3O/c1-3-20(13-14-4-5-14)17-7-6-15(10-16(17)11-18)12-19-8-9-21-2/h6-7,10,14,19H,3-5,8-9,12-13H2,1-2H3. The number of hydrogen-bond donors (Lipinski definition) is 1. The molecule has 0 amide bonds. The largest absolute Gasteiger partial charge is 0.383 e. The number of nitrogens with one attached hydrogen (secondary N) is 1. The molecule has 1 aromatic carbocycles. The molecular formula is C17H25N3O. The molecule has 0 saturated heterocycles. The predicted molar refractivity (Wildman–Crippen MR) is 85.4 cm³/mol. The van der Waals surface area contributed by atoms with E-state index in [1.54, 1.807) is 7.11 Å². The summed E-state index contributed by atoms with van der Waals surface area (Å²) in [5.74, 6) is 0.826. The number of rotatable bonds is 9. The molecule has 1 fully saturated rings. The number of methoxy groups -OCH3 is 1. The minimum absolute atomic E-state index is 0.703. The lowest BCUT2D eigenvalue weighted by molar-refractivity contribution is 0.199. The third-order valence-electron chi connectivity index (χ3n) is 3.89. The van der Waals surface area contributed by atoms with Crippen molar-refractivity contribution < 1.29 is 4.74 Å². The fourth-order valence-electron chi connectivity index (χ4n) is 2.48. The average molecular weight is 287 g/mol. The first-order valence-corrected chi connectivity index (χ1v) is 7.76. The molecule has 4 nitrogen and oxygen atoms in total. The van der Waals surface area contributed by atoms with Gasteiger partial charge in [0.15, 0.2) is 0 Å². The summed E-state index contributed by atoms with van der Waals surface area (Å²) in [6.45, 7) is 6.49. The van der Waals surface area contributed by atoms with E-state index in [0.717, 1.165) is 48.9 Å². The summed E-state index contributed by atoms with van der Waals surface area (Å²) in [6.07, 6.45) is 2.67. The zero-order valence-electron chi connectivity index (χ0n) is 13.1. The van der Waals surface area contributed by atoms with E-state index >= 15 is 0 Å². The molecule has 0 spiro atoms. The Morgan fingerprint density at radius 2 is 2.24 bits per heavy atom. The van der Waals surface area contributed by atoms with Crippen molar-refractivity contribution in [3.63, 3.8) is 0 Å². The van der Waals surface area contributed by atoms with Crippen LogP contribution in [0.1, 0.15) is 30.9 Å². The number of ether oxygens (including phenoxy) is 1. The quantitative estimate of drug-likeness (QED) is 0.709. The number of nitrogens with zero attached hydrogens (tertiary/aromatic N) is 2. The minimum Gasteiger partial charge on any atom is -0.383 e. The highest BCUT2D eigenvalue weighted by Gasteiger charge is 2.24. The molecule has 0 atom stereocenters. The van der Waals surface area contributed by atoms with Crippen LogP contribution in [-0.4, -0.2) is 33.4 Å². The van der Waals surface area contributed by atoms with Crippen molar-refractivity contribution in [3.05, 3.63) is 29.3 Å². The minimum atomic E-state index is 0.703. The highest BCUT2D eigenvalue weighted by Crippen LogP contribution is 2.32. The molecule has 114 valence electrons. The first kappa shape index (κ1) is 15.8. The SMILES string of the molecule is CCN(CC1CC1)c1ccc(CNCCOC)cc1C#N. The fourth-order valence-corrected chi connectivity index (χ4v) is 2.48. The molecule has 1 saturated carbocycles. The Hall–Kier alpha value is -1.57. The van der Waals surface area contributed by atoms with E-state index in [-0.39, 0.29) is 0 Å². The zero-order chi connectivity index (χ0) is 15.1. The summed E-state index contributed by atoms with van der Waals surface area (Å²) in [7, 11) is 1.70. The van der Waals surface area contributed by atoms with Crippen LogP contribution in [0.15, 0.2) is 18.2 Å². The van der Waals surface area contributed by atoms with Crippen LogP contribution in [0.25, 0.3) is 0 Å². The van der Waals surface area contributed by atoms with Crippen LogP contribution >= 0.6 is 0 Å². The molecule has 0 radical (unpaired) electrons. The van der Waals surface area contributed by atoms with E-state index in [1.807, 2.05) is 6.07 Å². The van der Waals surface area contributed by atoms with E-state index < -0.39 is 0 Å². The van der Waals surface area contributed by atoms with Crippen LogP contribution in [0, 0.1) is 17.2 Å². The summed E-state index contributed by atoms with van der Waals surface area (Å²) in [6, 6.07) is 8.57. The summed E-state index contributed by atoms with van der Waals surface area (Å²) >= 11 is 0. The topological polar surface area (TPSA) is 48.3 Å². The van der Waals surface area contributed by atoms with Crippen molar-refractivity contribution >= 4 is 5.69 Å². The van der Waals surface area contributed by atoms with Crippen molar-refractivity contribution in [2.45, 2.75) is 26.3 Å². The van der Waals surface area contributed by atoms with E-state index in [0.29, 0.717) is 6.61 Å². The first-order chi connectivity index (χ1) is 10.3. The molecule has 0 aromatic heterocycles. The van der Waals surface area contributed by atoms with Gasteiger partial charge < -0.3 is 15.0 Å². The van der Waals surface area contributed by atoms with Gasteiger partial charge in [-0.05, 0) is 43.4 Å². The van der Waals surface area contributed by atoms with Gasteiger partial charge in [0.25, 0.3) is 0 Å². The van der Waals surface area contributed by atoms with Crippen molar-refractivity contribution in [3.8, 4) is 6.07 Å². The molecule has 1 aliphatic carbocycles. The van der Waals surface area contributed by atoms with Crippen molar-refractivity contribution in [2.24, 2.45) is 5.92 Å². The van der Waals surface area contributed by atoms with Gasteiger partial charge in [-0.3, -0.25) is 0 Å². The second kappa shape index (κ2) is 8.02. The van der Waals surface area contributed by atoms with Gasteiger partial charge in [-0.15, -0.1) is 0 Å². The van der Waals surface area contributed by atoms with Gasteiger partial charge in [0.2, 0.25) is 0 Å². The molecule has 0 unspecified atom stereocenters. The molecule has 1 aromatic rings. The monoisotopic (exact) mass is 287 g/mol. The molecule has 1 N–H and O–H groups in total. The molecule has 0 heterocycles. The Balaban J connectivity index is 2.02. The van der Waals surface area contributed by atoms with Crippen LogP contribution in [0.3, 0.4) is 0 Å². The number of benzene rings is 1. The normalized spacial score (nSPS) is 14.0. The summed E-state index contributed by atoms with van der Waals surface area (Å²) in [5.41, 5.74) is 3.00. The summed E-state index contributed by atoms with van der Waals surface area (Å²) < 4.78 is 5.01. The highest BCUT2D eigenvalue weighted by molar-refractivity contribution is 5.60. The maximum Gasteiger partial charge on any atom is 0.101 e. The molecule has 1 aliphatic rings. The number of nitriles is 1. The highest BCUT2D eigenvalue weighted by atomic mass is 16.5. The molecule has 0 aliphatic heterocycles. The molecule has 0 bridgehead atoms. The lowest BCUT2D eigenvalue weighted by Gasteiger charge is -2.24. The van der Waals surface area contributed by atoms with Gasteiger partial charge in [0, 0.05) is 33.3 Å². The molecule has 4 heteroatoms. The van der Waals surface area contributed by atoms with E-state index in [2.05, 4.69) is 35.3 Å². The van der Waals surface area contributed by atoms with E-state index in [4.69, 9.17) is 4.74 Å². The van der Waals surface area contributed by atoms with Crippen LogP contribution in [0.4, 0.5) is 5.69 Å². The molecule has 2 rings (SSSR count). The fraction of sp³-hybridized carbons (Fsp3) is 0.588. The van der Waals surface area contributed by atoms with Gasteiger partial charge in [0.1, 0.15) is 6.07 Å². The van der Waals surface area contributed by atoms with E-state index in [1.165, 1.54) is 12.8 Å². The Morgan fingerprint density at radius 1 is 1.43 bits per heavy atom. The van der Waals surface area contributed by atoms with Gasteiger partial charge in [-0.2, -0.15) is 5.26 Å². The zero-order valence-corrected chi connectivity index (χ0v) is 13.1. The number of hydrogen-bond acceptors (Lipinski definition) is 4. The Kier molecular flexibility index (Phi) is 6.04. The first-order valence-electron chi connectivity index (χ1n) is 7.76. The van der Waals surface area contributed by atoms with Gasteiger partial charge in [0.05, 0.1) is 17.9 Å². The predicted octanol–water partition coefficient (Wildman–Crippen LogP) is 2.53. The number of anilines is 1. The Morgan fingerprint density at radius 3 is 2.86 bits per heavy atom. The third-order valence-corrected chi connectivity index (χ3v) is 3.89. The molecular weight excluding hydrogens is 262 g/mol. The smallest absolute Gasteiger partial charge is 0.101 e. The maximum atomic E-state index is 9.43. The lowest BCUT2D eigenvalue weighted by Crippen LogP contribution is -2.26. The second-order valence-electron chi connectivity index (χ2n) is 5.61. The Labute approximate surface area is 127 Å². The lowest BCUT2D eigenvalue weighted by atomic mass is 10.1. The summed E-state index contributed by atoms with van der Waals surface area (Å²) in [5, 5.41) is 12.7. The van der Waals surface area contributed by atoms with Crippen molar-refractivity contribution in [1.29, 1.82) is 5.26 Å².